The molecule has 0 aromatic heterocycles. The fourth-order valence-electron chi connectivity index (χ4n) is 3.71. The third-order valence-electron chi connectivity index (χ3n) is 4.82. The maximum absolute atomic E-state index is 12.5. The van der Waals surface area contributed by atoms with E-state index in [1.54, 1.807) is 6.07 Å². The van der Waals surface area contributed by atoms with E-state index in [0.717, 1.165) is 0 Å². The molecule has 1 aliphatic carbocycles. The SMILES string of the molecule is COc1c2c(cc3c1C(=O)N[C@H]1[C@H](O)[C@H](O)[C@@H](O)C[C@H]31)OCO2. The van der Waals surface area contributed by atoms with Crippen LogP contribution in [0.25, 0.3) is 0 Å². The summed E-state index contributed by atoms with van der Waals surface area (Å²) < 4.78 is 16.1. The van der Waals surface area contributed by atoms with Crippen LogP contribution in [0.5, 0.6) is 17.2 Å². The predicted octanol–water partition coefficient (Wildman–Crippen LogP) is -0.894. The molecule has 0 saturated heterocycles. The molecule has 1 aromatic rings. The fraction of sp³-hybridized carbons (Fsp3) is 0.533. The molecule has 2 aliphatic heterocycles. The zero-order valence-electron chi connectivity index (χ0n) is 12.4. The highest BCUT2D eigenvalue weighted by Gasteiger charge is 2.49. The Labute approximate surface area is 131 Å². The van der Waals surface area contributed by atoms with Gasteiger partial charge < -0.3 is 34.8 Å². The molecule has 1 aromatic carbocycles. The van der Waals surface area contributed by atoms with E-state index in [1.165, 1.54) is 7.11 Å². The molecular weight excluding hydrogens is 306 g/mol. The molecule has 0 radical (unpaired) electrons. The molecule has 8 nitrogen and oxygen atoms in total. The molecule has 23 heavy (non-hydrogen) atoms. The summed E-state index contributed by atoms with van der Waals surface area (Å²) in [6, 6.07) is 1.01. The molecule has 5 atom stereocenters. The number of nitrogens with one attached hydrogen (secondary N) is 1. The van der Waals surface area contributed by atoms with Gasteiger partial charge in [0.25, 0.3) is 5.91 Å². The van der Waals surface area contributed by atoms with Crippen molar-refractivity contribution in [3.8, 4) is 17.2 Å². The van der Waals surface area contributed by atoms with E-state index < -0.39 is 30.3 Å². The van der Waals surface area contributed by atoms with E-state index in [-0.39, 0.29) is 24.9 Å². The van der Waals surface area contributed by atoms with Gasteiger partial charge in [0.15, 0.2) is 11.5 Å². The Kier molecular flexibility index (Phi) is 3.15. The number of rotatable bonds is 1. The second-order valence-corrected chi connectivity index (χ2v) is 6.00. The normalized spacial score (nSPS) is 34.4. The van der Waals surface area contributed by atoms with Crippen LogP contribution in [0.1, 0.15) is 28.3 Å². The van der Waals surface area contributed by atoms with Crippen molar-refractivity contribution >= 4 is 5.91 Å². The number of carbonyl (C=O) groups is 1. The van der Waals surface area contributed by atoms with Crippen LogP contribution in [0.2, 0.25) is 0 Å². The number of methoxy groups -OCH3 is 1. The topological polar surface area (TPSA) is 117 Å². The summed E-state index contributed by atoms with van der Waals surface area (Å²) >= 11 is 0. The van der Waals surface area contributed by atoms with E-state index in [4.69, 9.17) is 14.2 Å². The summed E-state index contributed by atoms with van der Waals surface area (Å²) in [6.07, 6.45) is -3.42. The van der Waals surface area contributed by atoms with Crippen LogP contribution in [0, 0.1) is 0 Å². The van der Waals surface area contributed by atoms with Crippen molar-refractivity contribution < 1.29 is 34.3 Å². The molecule has 4 rings (SSSR count). The molecule has 0 spiro atoms. The van der Waals surface area contributed by atoms with Crippen molar-refractivity contribution in [2.45, 2.75) is 36.7 Å². The molecule has 0 unspecified atom stereocenters. The van der Waals surface area contributed by atoms with Crippen LogP contribution >= 0.6 is 0 Å². The van der Waals surface area contributed by atoms with Crippen LogP contribution in [-0.2, 0) is 0 Å². The minimum atomic E-state index is -1.30. The molecule has 4 N–H and O–H groups in total. The van der Waals surface area contributed by atoms with Crippen molar-refractivity contribution in [2.24, 2.45) is 0 Å². The number of ether oxygens (including phenoxy) is 3. The van der Waals surface area contributed by atoms with Crippen LogP contribution < -0.4 is 19.5 Å². The second-order valence-electron chi connectivity index (χ2n) is 6.00. The van der Waals surface area contributed by atoms with Crippen LogP contribution in [0.3, 0.4) is 0 Å². The van der Waals surface area contributed by atoms with E-state index in [2.05, 4.69) is 5.32 Å². The van der Waals surface area contributed by atoms with Crippen molar-refractivity contribution in [3.63, 3.8) is 0 Å². The average Bonchev–Trinajstić information content (AvgIpc) is 3.00. The molecule has 124 valence electrons. The first-order valence-corrected chi connectivity index (χ1v) is 7.38. The van der Waals surface area contributed by atoms with Gasteiger partial charge in [-0.1, -0.05) is 0 Å². The summed E-state index contributed by atoms with van der Waals surface area (Å²) in [7, 11) is 1.44. The number of aliphatic hydroxyl groups is 3. The molecule has 8 heteroatoms. The number of hydrogen-bond acceptors (Lipinski definition) is 7. The minimum Gasteiger partial charge on any atom is -0.492 e. The Balaban J connectivity index is 1.88. The lowest BCUT2D eigenvalue weighted by atomic mass is 9.72. The van der Waals surface area contributed by atoms with E-state index in [0.29, 0.717) is 22.6 Å². The molecule has 1 saturated carbocycles. The quantitative estimate of drug-likeness (QED) is 0.529. The highest BCUT2D eigenvalue weighted by Crippen LogP contribution is 2.50. The summed E-state index contributed by atoms with van der Waals surface area (Å²) in [5.41, 5.74) is 0.929. The first kappa shape index (κ1) is 14.6. The van der Waals surface area contributed by atoms with Gasteiger partial charge in [0.05, 0.1) is 24.8 Å². The Morgan fingerprint density at radius 3 is 2.78 bits per heavy atom. The van der Waals surface area contributed by atoms with Gasteiger partial charge in [-0.2, -0.15) is 0 Å². The third-order valence-corrected chi connectivity index (χ3v) is 4.82. The van der Waals surface area contributed by atoms with Gasteiger partial charge in [0, 0.05) is 5.92 Å². The standard InChI is InChI=1S/C15H17NO7/c1-21-14-9-5(3-8-13(14)23-4-22-8)6-2-7(17)11(18)12(19)10(6)16-15(9)20/h3,6-7,10-12,17-19H,2,4H2,1H3,(H,16,20)/t6-,7+,10-,11-,12+/m1/s1. The Hall–Kier alpha value is -2.03. The fourth-order valence-corrected chi connectivity index (χ4v) is 3.71. The first-order chi connectivity index (χ1) is 11.0. The zero-order valence-corrected chi connectivity index (χ0v) is 12.4. The first-order valence-electron chi connectivity index (χ1n) is 7.38. The Morgan fingerprint density at radius 1 is 1.26 bits per heavy atom. The van der Waals surface area contributed by atoms with Crippen LogP contribution in [0.15, 0.2) is 6.07 Å². The van der Waals surface area contributed by atoms with Gasteiger partial charge in [0.1, 0.15) is 12.2 Å². The number of benzene rings is 1. The highest BCUT2D eigenvalue weighted by atomic mass is 16.7. The minimum absolute atomic E-state index is 0.0360. The van der Waals surface area contributed by atoms with Gasteiger partial charge in [-0.25, -0.2) is 0 Å². The van der Waals surface area contributed by atoms with E-state index in [1.807, 2.05) is 0 Å². The lowest BCUT2D eigenvalue weighted by Crippen LogP contribution is -2.61. The molecule has 0 bridgehead atoms. The number of hydrogen-bond donors (Lipinski definition) is 4. The maximum Gasteiger partial charge on any atom is 0.255 e. The average molecular weight is 323 g/mol. The molecule has 3 aliphatic rings. The lowest BCUT2D eigenvalue weighted by molar-refractivity contribution is -0.104. The molecule has 2 heterocycles. The summed E-state index contributed by atoms with van der Waals surface area (Å²) in [4.78, 5) is 12.5. The molecular formula is C15H17NO7. The highest BCUT2D eigenvalue weighted by molar-refractivity contribution is 6.01. The lowest BCUT2D eigenvalue weighted by Gasteiger charge is -2.44. The monoisotopic (exact) mass is 323 g/mol. The summed E-state index contributed by atoms with van der Waals surface area (Å²) in [6.45, 7) is 0.0360. The van der Waals surface area contributed by atoms with Crippen LogP contribution in [0.4, 0.5) is 0 Å². The second kappa shape index (κ2) is 4.98. The van der Waals surface area contributed by atoms with Crippen molar-refractivity contribution in [3.05, 3.63) is 17.2 Å². The number of fused-ring (bicyclic) bond motifs is 4. The van der Waals surface area contributed by atoms with E-state index in [9.17, 15) is 20.1 Å². The number of amides is 1. The maximum atomic E-state index is 12.5. The van der Waals surface area contributed by atoms with Crippen molar-refractivity contribution in [1.82, 2.24) is 5.32 Å². The summed E-state index contributed by atoms with van der Waals surface area (Å²) in [5, 5.41) is 32.7. The molecule has 1 amide bonds. The van der Waals surface area contributed by atoms with E-state index >= 15 is 0 Å². The summed E-state index contributed by atoms with van der Waals surface area (Å²) in [5.74, 6) is 0.334. The van der Waals surface area contributed by atoms with Gasteiger partial charge >= 0.3 is 0 Å². The van der Waals surface area contributed by atoms with Crippen molar-refractivity contribution in [2.75, 3.05) is 13.9 Å². The Bertz CT molecular complexity index is 676. The third kappa shape index (κ3) is 1.92. The van der Waals surface area contributed by atoms with Crippen LogP contribution in [-0.4, -0.2) is 59.5 Å². The predicted molar refractivity (Wildman–Crippen MR) is 75.7 cm³/mol. The van der Waals surface area contributed by atoms with Gasteiger partial charge in [-0.15, -0.1) is 0 Å². The molecule has 1 fully saturated rings. The van der Waals surface area contributed by atoms with Crippen molar-refractivity contribution in [1.29, 1.82) is 0 Å². The smallest absolute Gasteiger partial charge is 0.255 e. The van der Waals surface area contributed by atoms with Gasteiger partial charge in [-0.3, -0.25) is 4.79 Å². The zero-order chi connectivity index (χ0) is 16.3. The van der Waals surface area contributed by atoms with Gasteiger partial charge in [-0.05, 0) is 18.1 Å². The number of carbonyl (C=O) groups excluding carboxylic acids is 1. The van der Waals surface area contributed by atoms with Gasteiger partial charge in [0.2, 0.25) is 12.5 Å². The Morgan fingerprint density at radius 2 is 2.04 bits per heavy atom. The number of aliphatic hydroxyl groups excluding tert-OH is 3. The largest absolute Gasteiger partial charge is 0.492 e.